The molecule has 0 aromatic rings. The molecule has 2 aliphatic rings. The third-order valence-corrected chi connectivity index (χ3v) is 6.73. The lowest BCUT2D eigenvalue weighted by atomic mass is 10.2. The number of nitriles is 1. The van der Waals surface area contributed by atoms with E-state index in [1.165, 1.54) is 0 Å². The Labute approximate surface area is 116 Å². The highest BCUT2D eigenvalue weighted by atomic mass is 32.2. The molecule has 0 bridgehead atoms. The van der Waals surface area contributed by atoms with E-state index in [1.807, 2.05) is 6.92 Å². The van der Waals surface area contributed by atoms with E-state index >= 15 is 0 Å². The second-order valence-electron chi connectivity index (χ2n) is 5.44. The fraction of sp³-hybridized carbons (Fsp3) is 0.923. The molecule has 0 N–H and O–H groups in total. The zero-order valence-corrected chi connectivity index (χ0v) is 12.4. The maximum absolute atomic E-state index is 12.4. The van der Waals surface area contributed by atoms with Crippen LogP contribution in [0.2, 0.25) is 0 Å². The Hall–Kier alpha value is -0.640. The second-order valence-corrected chi connectivity index (χ2v) is 7.65. The molecule has 0 aromatic heterocycles. The molecule has 6 heteroatoms. The lowest BCUT2D eigenvalue weighted by Gasteiger charge is -2.37. The first-order valence-electron chi connectivity index (χ1n) is 7.22. The summed E-state index contributed by atoms with van der Waals surface area (Å²) < 4.78 is 26.5. The molecule has 1 unspecified atom stereocenters. The van der Waals surface area contributed by atoms with Gasteiger partial charge in [0.25, 0.3) is 0 Å². The summed E-state index contributed by atoms with van der Waals surface area (Å²) in [7, 11) is -3.10. The molecule has 1 heterocycles. The van der Waals surface area contributed by atoms with Gasteiger partial charge in [-0.3, -0.25) is 4.90 Å². The quantitative estimate of drug-likeness (QED) is 0.778. The van der Waals surface area contributed by atoms with Crippen molar-refractivity contribution in [1.29, 1.82) is 5.26 Å². The summed E-state index contributed by atoms with van der Waals surface area (Å²) in [5, 5.41) is 8.90. The molecule has 19 heavy (non-hydrogen) atoms. The number of sulfonamides is 1. The number of nitrogens with zero attached hydrogens (tertiary/aromatic N) is 3. The zero-order valence-electron chi connectivity index (χ0n) is 11.6. The number of hydrogen-bond acceptors (Lipinski definition) is 4. The molecule has 0 radical (unpaired) electrons. The molecule has 2 fully saturated rings. The predicted octanol–water partition coefficient (Wildman–Crippen LogP) is 1.18. The van der Waals surface area contributed by atoms with Crippen LogP contribution in [0.3, 0.4) is 0 Å². The minimum absolute atomic E-state index is 0.0728. The van der Waals surface area contributed by atoms with Gasteiger partial charge in [-0.25, -0.2) is 8.42 Å². The van der Waals surface area contributed by atoms with Crippen LogP contribution < -0.4 is 0 Å². The highest BCUT2D eigenvalue weighted by Crippen LogP contribution is 2.27. The van der Waals surface area contributed by atoms with E-state index in [0.717, 1.165) is 32.1 Å². The summed E-state index contributed by atoms with van der Waals surface area (Å²) in [6.07, 6.45) is 4.51. The van der Waals surface area contributed by atoms with Crippen LogP contribution in [-0.2, 0) is 10.0 Å². The summed E-state index contributed by atoms with van der Waals surface area (Å²) >= 11 is 0. The molecule has 1 saturated heterocycles. The van der Waals surface area contributed by atoms with Crippen LogP contribution in [0.4, 0.5) is 0 Å². The molecular formula is C13H23N3O2S. The average Bonchev–Trinajstić information content (AvgIpc) is 2.95. The minimum atomic E-state index is -3.10. The van der Waals surface area contributed by atoms with Gasteiger partial charge in [0.2, 0.25) is 10.0 Å². The van der Waals surface area contributed by atoms with E-state index in [-0.39, 0.29) is 11.3 Å². The van der Waals surface area contributed by atoms with Crippen LogP contribution in [0, 0.1) is 11.3 Å². The summed E-state index contributed by atoms with van der Waals surface area (Å²) in [6, 6.07) is 2.22. The van der Waals surface area contributed by atoms with Crippen molar-refractivity contribution in [1.82, 2.24) is 9.21 Å². The van der Waals surface area contributed by atoms with Gasteiger partial charge in [-0.15, -0.1) is 0 Å². The first-order valence-corrected chi connectivity index (χ1v) is 8.72. The van der Waals surface area contributed by atoms with Crippen LogP contribution in [-0.4, -0.2) is 55.1 Å². The van der Waals surface area contributed by atoms with E-state index in [4.69, 9.17) is 5.26 Å². The van der Waals surface area contributed by atoms with Gasteiger partial charge >= 0.3 is 0 Å². The first-order chi connectivity index (χ1) is 9.09. The van der Waals surface area contributed by atoms with Gasteiger partial charge in [0.15, 0.2) is 0 Å². The van der Waals surface area contributed by atoms with Gasteiger partial charge < -0.3 is 0 Å². The molecule has 108 valence electrons. The van der Waals surface area contributed by atoms with Crippen molar-refractivity contribution in [3.63, 3.8) is 0 Å². The molecule has 1 atom stereocenters. The number of rotatable bonds is 4. The van der Waals surface area contributed by atoms with Crippen molar-refractivity contribution < 1.29 is 8.42 Å². The second kappa shape index (κ2) is 6.21. The molecule has 1 saturated carbocycles. The SMILES string of the molecule is CCC(C#N)N1CCN(S(=O)(=O)C2CCCC2)CC1. The lowest BCUT2D eigenvalue weighted by molar-refractivity contribution is 0.159. The fourth-order valence-electron chi connectivity index (χ4n) is 3.10. The summed E-state index contributed by atoms with van der Waals surface area (Å²) in [5.41, 5.74) is 0. The van der Waals surface area contributed by atoms with Crippen molar-refractivity contribution in [2.75, 3.05) is 26.2 Å². The third-order valence-electron chi connectivity index (χ3n) is 4.33. The van der Waals surface area contributed by atoms with Crippen molar-refractivity contribution in [3.8, 4) is 6.07 Å². The van der Waals surface area contributed by atoms with Crippen LogP contribution >= 0.6 is 0 Å². The molecule has 2 rings (SSSR count). The van der Waals surface area contributed by atoms with Crippen molar-refractivity contribution in [3.05, 3.63) is 0 Å². The monoisotopic (exact) mass is 285 g/mol. The average molecular weight is 285 g/mol. The molecule has 5 nitrogen and oxygen atoms in total. The maximum Gasteiger partial charge on any atom is 0.217 e. The maximum atomic E-state index is 12.4. The highest BCUT2D eigenvalue weighted by molar-refractivity contribution is 7.89. The molecule has 0 amide bonds. The summed E-state index contributed by atoms with van der Waals surface area (Å²) in [5.74, 6) is 0. The van der Waals surface area contributed by atoms with Crippen LogP contribution in [0.25, 0.3) is 0 Å². The third kappa shape index (κ3) is 3.10. The van der Waals surface area contributed by atoms with Crippen LogP contribution in [0.5, 0.6) is 0 Å². The Morgan fingerprint density at radius 2 is 1.79 bits per heavy atom. The number of piperazine rings is 1. The van der Waals surface area contributed by atoms with E-state index in [2.05, 4.69) is 11.0 Å². The smallest absolute Gasteiger partial charge is 0.217 e. The van der Waals surface area contributed by atoms with Gasteiger partial charge in [-0.05, 0) is 19.3 Å². The van der Waals surface area contributed by atoms with E-state index in [1.54, 1.807) is 4.31 Å². The Morgan fingerprint density at radius 1 is 1.21 bits per heavy atom. The fourth-order valence-corrected chi connectivity index (χ4v) is 5.12. The molecule has 0 spiro atoms. The summed E-state index contributed by atoms with van der Waals surface area (Å²) in [6.45, 7) is 4.43. The summed E-state index contributed by atoms with van der Waals surface area (Å²) in [4.78, 5) is 2.10. The largest absolute Gasteiger partial charge is 0.285 e. The van der Waals surface area contributed by atoms with Gasteiger partial charge in [0, 0.05) is 26.2 Å². The minimum Gasteiger partial charge on any atom is -0.285 e. The van der Waals surface area contributed by atoms with E-state index in [0.29, 0.717) is 26.2 Å². The van der Waals surface area contributed by atoms with E-state index in [9.17, 15) is 8.42 Å². The molecule has 0 aromatic carbocycles. The Balaban J connectivity index is 1.94. The van der Waals surface area contributed by atoms with Crippen molar-refractivity contribution in [2.45, 2.75) is 50.3 Å². The number of hydrogen-bond donors (Lipinski definition) is 0. The van der Waals surface area contributed by atoms with Crippen LogP contribution in [0.1, 0.15) is 39.0 Å². The molecular weight excluding hydrogens is 262 g/mol. The van der Waals surface area contributed by atoms with Gasteiger partial charge in [0.1, 0.15) is 0 Å². The Bertz CT molecular complexity index is 429. The predicted molar refractivity (Wildman–Crippen MR) is 74.0 cm³/mol. The van der Waals surface area contributed by atoms with E-state index < -0.39 is 10.0 Å². The zero-order chi connectivity index (χ0) is 13.9. The molecule has 1 aliphatic carbocycles. The van der Waals surface area contributed by atoms with Gasteiger partial charge in [0.05, 0.1) is 17.4 Å². The highest BCUT2D eigenvalue weighted by Gasteiger charge is 2.36. The normalized spacial score (nSPS) is 25.3. The Morgan fingerprint density at radius 3 is 2.26 bits per heavy atom. The topological polar surface area (TPSA) is 64.4 Å². The van der Waals surface area contributed by atoms with Crippen LogP contribution in [0.15, 0.2) is 0 Å². The van der Waals surface area contributed by atoms with Gasteiger partial charge in [-0.1, -0.05) is 19.8 Å². The molecule has 1 aliphatic heterocycles. The van der Waals surface area contributed by atoms with Gasteiger partial charge in [-0.2, -0.15) is 9.57 Å². The Kier molecular flexibility index (Phi) is 4.82. The standard InChI is InChI=1S/C13H23N3O2S/c1-2-12(11-14)15-7-9-16(10-8-15)19(17,18)13-5-3-4-6-13/h12-13H,2-10H2,1H3. The van der Waals surface area contributed by atoms with Crippen molar-refractivity contribution >= 4 is 10.0 Å². The van der Waals surface area contributed by atoms with Crippen molar-refractivity contribution in [2.24, 2.45) is 0 Å². The first kappa shape index (κ1) is 14.8. The lowest BCUT2D eigenvalue weighted by Crippen LogP contribution is -2.53.